The zero-order valence-electron chi connectivity index (χ0n) is 16.4. The summed E-state index contributed by atoms with van der Waals surface area (Å²) in [5.74, 6) is -0.844. The van der Waals surface area contributed by atoms with Gasteiger partial charge in [0, 0.05) is 5.75 Å². The maximum atomic E-state index is 12.3. The Kier molecular flexibility index (Phi) is 9.93. The molecule has 0 aliphatic rings. The van der Waals surface area contributed by atoms with Crippen molar-refractivity contribution in [2.24, 2.45) is 5.41 Å². The molecule has 11 heteroatoms. The summed E-state index contributed by atoms with van der Waals surface area (Å²) in [5, 5.41) is 11.3. The van der Waals surface area contributed by atoms with Crippen molar-refractivity contribution in [1.29, 1.82) is 0 Å². The van der Waals surface area contributed by atoms with E-state index in [2.05, 4.69) is 10.2 Å². The van der Waals surface area contributed by atoms with Crippen molar-refractivity contribution in [2.75, 3.05) is 19.0 Å². The predicted molar refractivity (Wildman–Crippen MR) is 104 cm³/mol. The number of nitrogens with one attached hydrogen (secondary N) is 1. The van der Waals surface area contributed by atoms with Crippen LogP contribution in [0.15, 0.2) is 30.3 Å². The van der Waals surface area contributed by atoms with Crippen LogP contribution in [0.5, 0.6) is 0 Å². The molecule has 0 saturated carbocycles. The van der Waals surface area contributed by atoms with E-state index in [0.29, 0.717) is 0 Å². The van der Waals surface area contributed by atoms with Gasteiger partial charge in [-0.1, -0.05) is 55.9 Å². The molecule has 0 radical (unpaired) electrons. The molecule has 0 heterocycles. The molecule has 0 unspecified atom stereocenters. The fourth-order valence-corrected chi connectivity index (χ4v) is 2.93. The average Bonchev–Trinajstić information content (AvgIpc) is 2.68. The van der Waals surface area contributed by atoms with Crippen molar-refractivity contribution in [1.82, 2.24) is 5.32 Å². The Balaban J connectivity index is 2.63. The zero-order chi connectivity index (χ0) is 21.9. The van der Waals surface area contributed by atoms with E-state index < -0.39 is 40.3 Å². The molecular weight excluding hydrogens is 404 g/mol. The lowest BCUT2D eigenvalue weighted by Crippen LogP contribution is -2.44. The molecule has 1 aromatic carbocycles. The van der Waals surface area contributed by atoms with Crippen molar-refractivity contribution in [2.45, 2.75) is 33.4 Å². The summed E-state index contributed by atoms with van der Waals surface area (Å²) in [5.41, 5.74) is -0.391. The monoisotopic (exact) mass is 428 g/mol. The number of hydrogen-bond donors (Lipinski definition) is 1. The largest absolute Gasteiger partial charge is 0.464 e. The Morgan fingerprint density at radius 1 is 1.21 bits per heavy atom. The number of benzene rings is 1. The van der Waals surface area contributed by atoms with Crippen LogP contribution in [0.25, 0.3) is 0 Å². The molecule has 0 spiro atoms. The van der Waals surface area contributed by atoms with E-state index in [9.17, 15) is 24.5 Å². The molecule has 29 heavy (non-hydrogen) atoms. The Morgan fingerprint density at radius 2 is 1.86 bits per heavy atom. The molecule has 10 nitrogen and oxygen atoms in total. The summed E-state index contributed by atoms with van der Waals surface area (Å²) >= 11 is 0.741. The van der Waals surface area contributed by atoms with Gasteiger partial charge in [0.05, 0.1) is 12.0 Å². The van der Waals surface area contributed by atoms with Crippen LogP contribution in [0.3, 0.4) is 0 Å². The van der Waals surface area contributed by atoms with Crippen molar-refractivity contribution in [3.8, 4) is 0 Å². The second kappa shape index (κ2) is 11.9. The molecule has 0 saturated heterocycles. The van der Waals surface area contributed by atoms with Gasteiger partial charge in [0.25, 0.3) is 5.09 Å². The minimum absolute atomic E-state index is 0.0134. The molecule has 1 aromatic rings. The highest BCUT2D eigenvalue weighted by molar-refractivity contribution is 8.13. The molecule has 0 bridgehead atoms. The third kappa shape index (κ3) is 9.28. The van der Waals surface area contributed by atoms with Gasteiger partial charge >= 0.3 is 12.1 Å². The molecule has 1 rings (SSSR count). The molecule has 1 amide bonds. The molecule has 160 valence electrons. The summed E-state index contributed by atoms with van der Waals surface area (Å²) in [6.07, 6.45) is -0.837. The first kappa shape index (κ1) is 24.2. The Hall–Kier alpha value is -2.82. The fourth-order valence-electron chi connectivity index (χ4n) is 1.95. The minimum atomic E-state index is -1.16. The van der Waals surface area contributed by atoms with Crippen LogP contribution in [0, 0.1) is 15.5 Å². The lowest BCUT2D eigenvalue weighted by atomic mass is 9.97. The summed E-state index contributed by atoms with van der Waals surface area (Å²) in [6, 6.07) is 7.85. The molecule has 1 N–H and O–H groups in total. The number of hydrogen-bond acceptors (Lipinski definition) is 9. The normalized spacial score (nSPS) is 11.8. The maximum Gasteiger partial charge on any atom is 0.408 e. The van der Waals surface area contributed by atoms with E-state index in [1.807, 2.05) is 6.07 Å². The first-order chi connectivity index (χ1) is 13.7. The second-order valence-electron chi connectivity index (χ2n) is 6.49. The van der Waals surface area contributed by atoms with Crippen LogP contribution >= 0.6 is 11.8 Å². The van der Waals surface area contributed by atoms with Crippen LogP contribution in [-0.2, 0) is 30.5 Å². The summed E-state index contributed by atoms with van der Waals surface area (Å²) < 4.78 is 10.00. The van der Waals surface area contributed by atoms with Crippen molar-refractivity contribution in [3.05, 3.63) is 46.0 Å². The van der Waals surface area contributed by atoms with E-state index in [0.717, 1.165) is 17.3 Å². The Morgan fingerprint density at radius 3 is 2.45 bits per heavy atom. The lowest BCUT2D eigenvalue weighted by molar-refractivity contribution is -0.760. The summed E-state index contributed by atoms with van der Waals surface area (Å²) in [7, 11) is 0. The molecule has 0 aliphatic carbocycles. The summed E-state index contributed by atoms with van der Waals surface area (Å²) in [4.78, 5) is 51.0. The van der Waals surface area contributed by atoms with Crippen LogP contribution in [0.4, 0.5) is 4.79 Å². The van der Waals surface area contributed by atoms with Crippen molar-refractivity contribution in [3.63, 3.8) is 0 Å². The Labute approximate surface area is 172 Å². The maximum absolute atomic E-state index is 12.3. The molecule has 1 atom stereocenters. The summed E-state index contributed by atoms with van der Waals surface area (Å²) in [6.45, 7) is 4.25. The number of carbonyl (C=O) groups excluding carboxylic acids is 3. The number of thioether (sulfide) groups is 1. The van der Waals surface area contributed by atoms with Crippen LogP contribution in [-0.4, -0.2) is 47.3 Å². The highest BCUT2D eigenvalue weighted by atomic mass is 32.2. The van der Waals surface area contributed by atoms with Gasteiger partial charge in [-0.05, 0) is 12.5 Å². The first-order valence-corrected chi connectivity index (χ1v) is 9.72. The molecule has 0 aromatic heterocycles. The van der Waals surface area contributed by atoms with E-state index in [-0.39, 0.29) is 19.0 Å². The van der Waals surface area contributed by atoms with Crippen molar-refractivity contribution >= 4 is 28.9 Å². The van der Waals surface area contributed by atoms with E-state index in [1.165, 1.54) is 13.8 Å². The van der Waals surface area contributed by atoms with Crippen LogP contribution < -0.4 is 5.32 Å². The number of carbonyl (C=O) groups is 3. The van der Waals surface area contributed by atoms with Gasteiger partial charge in [-0.25, -0.2) is 9.59 Å². The van der Waals surface area contributed by atoms with Crippen LogP contribution in [0.2, 0.25) is 0 Å². The highest BCUT2D eigenvalue weighted by Crippen LogP contribution is 2.25. The fraction of sp³-hybridized carbons (Fsp3) is 0.500. The topological polar surface area (TPSA) is 134 Å². The van der Waals surface area contributed by atoms with Gasteiger partial charge in [0.15, 0.2) is 5.12 Å². The molecule has 0 aliphatic heterocycles. The minimum Gasteiger partial charge on any atom is -0.464 e. The Bertz CT molecular complexity index is 711. The standard InChI is InChI=1S/C18H24N2O8S/c1-4-26-15(21)14(11-29-16(22)18(2,3)12-28-20(24)25)19-17(23)27-10-13-8-6-5-7-9-13/h5-9,14H,4,10-12H2,1-3H3,(H,19,23)/t14-/m0/s1. The zero-order valence-corrected chi connectivity index (χ0v) is 17.2. The lowest BCUT2D eigenvalue weighted by Gasteiger charge is -2.22. The van der Waals surface area contributed by atoms with E-state index in [1.54, 1.807) is 31.2 Å². The van der Waals surface area contributed by atoms with Gasteiger partial charge in [0.1, 0.15) is 19.3 Å². The number of nitrogens with zero attached hydrogens (tertiary/aromatic N) is 1. The second-order valence-corrected chi connectivity index (χ2v) is 7.48. The number of rotatable bonds is 11. The predicted octanol–water partition coefficient (Wildman–Crippen LogP) is 2.34. The third-order valence-electron chi connectivity index (χ3n) is 3.54. The smallest absolute Gasteiger partial charge is 0.408 e. The van der Waals surface area contributed by atoms with Gasteiger partial charge in [-0.15, -0.1) is 10.1 Å². The van der Waals surface area contributed by atoms with E-state index in [4.69, 9.17) is 9.47 Å². The number of amides is 1. The third-order valence-corrected chi connectivity index (χ3v) is 4.86. The van der Waals surface area contributed by atoms with Gasteiger partial charge in [0.2, 0.25) is 0 Å². The quantitative estimate of drug-likeness (QED) is 0.320. The highest BCUT2D eigenvalue weighted by Gasteiger charge is 2.32. The van der Waals surface area contributed by atoms with Gasteiger partial charge in [-0.3, -0.25) is 4.79 Å². The van der Waals surface area contributed by atoms with Gasteiger partial charge in [-0.2, -0.15) is 0 Å². The molecule has 0 fully saturated rings. The number of alkyl carbamates (subject to hydrolysis) is 1. The van der Waals surface area contributed by atoms with Gasteiger partial charge < -0.3 is 19.6 Å². The van der Waals surface area contributed by atoms with Crippen molar-refractivity contribution < 1.29 is 33.8 Å². The average molecular weight is 428 g/mol. The number of esters is 1. The SMILES string of the molecule is CCOC(=O)[C@H](CSC(=O)C(C)(C)CO[N+](=O)[O-])NC(=O)OCc1ccccc1. The number of ether oxygens (including phenoxy) is 2. The first-order valence-electron chi connectivity index (χ1n) is 8.74. The van der Waals surface area contributed by atoms with E-state index >= 15 is 0 Å². The van der Waals surface area contributed by atoms with Crippen LogP contribution in [0.1, 0.15) is 26.3 Å². The molecular formula is C18H24N2O8S.